The van der Waals surface area contributed by atoms with Crippen molar-refractivity contribution in [2.24, 2.45) is 0 Å². The minimum Gasteiger partial charge on any atom is -0.492 e. The average Bonchev–Trinajstić information content (AvgIpc) is 3.43. The maximum absolute atomic E-state index is 12.7. The van der Waals surface area contributed by atoms with Crippen LogP contribution in [0.5, 0.6) is 5.75 Å². The lowest BCUT2D eigenvalue weighted by atomic mass is 9.89. The van der Waals surface area contributed by atoms with Gasteiger partial charge < -0.3 is 20.9 Å². The number of nitrogens with one attached hydrogen (secondary N) is 2. The minimum absolute atomic E-state index is 0. The summed E-state index contributed by atoms with van der Waals surface area (Å²) in [4.78, 5) is 12.7. The number of sulfonamides is 1. The molecule has 218 valence electrons. The molecular weight excluding hydrogens is 573 g/mol. The number of aliphatic hydroxyl groups is 1. The monoisotopic (exact) mass is 609 g/mol. The van der Waals surface area contributed by atoms with E-state index in [1.807, 2.05) is 48.5 Å². The van der Waals surface area contributed by atoms with Gasteiger partial charge in [0.25, 0.3) is 5.91 Å². The van der Waals surface area contributed by atoms with Gasteiger partial charge in [-0.15, -0.1) is 24.8 Å². The molecule has 40 heavy (non-hydrogen) atoms. The van der Waals surface area contributed by atoms with E-state index in [-0.39, 0.29) is 30.7 Å². The Hall–Kier alpha value is -2.82. The molecule has 1 aliphatic carbocycles. The van der Waals surface area contributed by atoms with Crippen molar-refractivity contribution in [2.75, 3.05) is 31.7 Å². The summed E-state index contributed by atoms with van der Waals surface area (Å²) >= 11 is 0. The standard InChI is InChI=1S/C29H35N3O5S.2ClH/c1-38(35,36)32-29(34)26-15-10-23(18-27(26)21-4-2-3-5-21)20-8-13-25(14-9-20)37-17-16-31-19-28(33)22-6-11-24(30)12-7-22;;/h6-15,18,21,28,31,33H,2-5,16-17,19,30H2,1H3,(H,32,34);2*1H/t28-;;/m1../s1. The van der Waals surface area contributed by atoms with Crippen LogP contribution in [0.15, 0.2) is 66.7 Å². The molecule has 0 heterocycles. The normalized spacial score (nSPS) is 14.1. The molecule has 0 radical (unpaired) electrons. The number of anilines is 1. The largest absolute Gasteiger partial charge is 0.492 e. The van der Waals surface area contributed by atoms with Crippen LogP contribution in [0.25, 0.3) is 11.1 Å². The number of benzene rings is 3. The van der Waals surface area contributed by atoms with Crippen molar-refractivity contribution >= 4 is 46.4 Å². The summed E-state index contributed by atoms with van der Waals surface area (Å²) in [5.74, 6) is 0.387. The predicted octanol–water partition coefficient (Wildman–Crippen LogP) is 4.83. The van der Waals surface area contributed by atoms with Crippen LogP contribution in [0.2, 0.25) is 0 Å². The van der Waals surface area contributed by atoms with Gasteiger partial charge in [0.1, 0.15) is 12.4 Å². The van der Waals surface area contributed by atoms with E-state index in [4.69, 9.17) is 10.5 Å². The summed E-state index contributed by atoms with van der Waals surface area (Å²) < 4.78 is 31.2. The Labute approximate surface area is 248 Å². The third kappa shape index (κ3) is 9.38. The zero-order valence-corrected chi connectivity index (χ0v) is 24.8. The molecule has 1 amide bonds. The zero-order valence-electron chi connectivity index (χ0n) is 22.3. The van der Waals surface area contributed by atoms with Crippen molar-refractivity contribution in [1.82, 2.24) is 10.0 Å². The fraction of sp³-hybridized carbons (Fsp3) is 0.345. The van der Waals surface area contributed by atoms with E-state index < -0.39 is 22.0 Å². The molecule has 4 rings (SSSR count). The summed E-state index contributed by atoms with van der Waals surface area (Å²) in [6.07, 6.45) is 4.54. The molecule has 3 aromatic rings. The van der Waals surface area contributed by atoms with Crippen molar-refractivity contribution < 1.29 is 23.1 Å². The molecule has 1 saturated carbocycles. The van der Waals surface area contributed by atoms with E-state index in [0.29, 0.717) is 30.9 Å². The van der Waals surface area contributed by atoms with Gasteiger partial charge in [0.2, 0.25) is 10.0 Å². The molecule has 0 aromatic heterocycles. The van der Waals surface area contributed by atoms with Crippen molar-refractivity contribution in [3.63, 3.8) is 0 Å². The highest BCUT2D eigenvalue weighted by molar-refractivity contribution is 7.89. The molecule has 11 heteroatoms. The second kappa shape index (κ2) is 15.3. The van der Waals surface area contributed by atoms with Gasteiger partial charge >= 0.3 is 0 Å². The number of nitrogen functional groups attached to an aromatic ring is 1. The Morgan fingerprint density at radius 3 is 2.25 bits per heavy atom. The number of carbonyl (C=O) groups excluding carboxylic acids is 1. The highest BCUT2D eigenvalue weighted by Gasteiger charge is 2.24. The van der Waals surface area contributed by atoms with Gasteiger partial charge in [0.05, 0.1) is 12.4 Å². The number of hydrogen-bond acceptors (Lipinski definition) is 7. The molecule has 0 bridgehead atoms. The predicted molar refractivity (Wildman–Crippen MR) is 164 cm³/mol. The van der Waals surface area contributed by atoms with E-state index in [2.05, 4.69) is 10.0 Å². The van der Waals surface area contributed by atoms with Gasteiger partial charge in [-0.25, -0.2) is 13.1 Å². The molecule has 0 spiro atoms. The van der Waals surface area contributed by atoms with E-state index in [1.165, 1.54) is 0 Å². The Kier molecular flexibility index (Phi) is 12.7. The summed E-state index contributed by atoms with van der Waals surface area (Å²) in [6, 6.07) is 20.5. The molecule has 0 unspecified atom stereocenters. The highest BCUT2D eigenvalue weighted by Crippen LogP contribution is 2.38. The molecule has 5 N–H and O–H groups in total. The van der Waals surface area contributed by atoms with Crippen molar-refractivity contribution in [3.05, 3.63) is 83.4 Å². The number of nitrogens with two attached hydrogens (primary N) is 1. The van der Waals surface area contributed by atoms with Crippen LogP contribution in [-0.4, -0.2) is 45.4 Å². The van der Waals surface area contributed by atoms with Crippen molar-refractivity contribution in [2.45, 2.75) is 37.7 Å². The third-order valence-electron chi connectivity index (χ3n) is 6.76. The topological polar surface area (TPSA) is 131 Å². The summed E-state index contributed by atoms with van der Waals surface area (Å²) in [6.45, 7) is 1.44. The van der Waals surface area contributed by atoms with Crippen LogP contribution in [0.3, 0.4) is 0 Å². The number of aliphatic hydroxyl groups excluding tert-OH is 1. The van der Waals surface area contributed by atoms with E-state index in [1.54, 1.807) is 18.2 Å². The first-order chi connectivity index (χ1) is 18.2. The SMILES string of the molecule is CS(=O)(=O)NC(=O)c1ccc(-c2ccc(OCCNC[C@@H](O)c3ccc(N)cc3)cc2)cc1C1CCCC1.Cl.Cl. The van der Waals surface area contributed by atoms with Gasteiger partial charge in [-0.2, -0.15) is 0 Å². The first-order valence-electron chi connectivity index (χ1n) is 12.8. The average molecular weight is 611 g/mol. The van der Waals surface area contributed by atoms with Crippen LogP contribution in [0, 0.1) is 0 Å². The molecule has 1 aliphatic rings. The number of carbonyl (C=O) groups is 1. The fourth-order valence-corrected chi connectivity index (χ4v) is 5.25. The fourth-order valence-electron chi connectivity index (χ4n) is 4.81. The van der Waals surface area contributed by atoms with Crippen LogP contribution in [-0.2, 0) is 10.0 Å². The van der Waals surface area contributed by atoms with Crippen molar-refractivity contribution in [1.29, 1.82) is 0 Å². The number of ether oxygens (including phenoxy) is 1. The van der Waals surface area contributed by atoms with E-state index in [0.717, 1.165) is 59.9 Å². The summed E-state index contributed by atoms with van der Waals surface area (Å²) in [5, 5.41) is 13.4. The van der Waals surface area contributed by atoms with Gasteiger partial charge in [0.15, 0.2) is 0 Å². The first-order valence-corrected chi connectivity index (χ1v) is 14.7. The first kappa shape index (κ1) is 33.4. The summed E-state index contributed by atoms with van der Waals surface area (Å²) in [7, 11) is -3.64. The number of amides is 1. The zero-order chi connectivity index (χ0) is 27.1. The lowest BCUT2D eigenvalue weighted by molar-refractivity contribution is 0.0980. The lowest BCUT2D eigenvalue weighted by Gasteiger charge is -2.17. The van der Waals surface area contributed by atoms with Crippen LogP contribution >= 0.6 is 24.8 Å². The summed E-state index contributed by atoms with van der Waals surface area (Å²) in [5.41, 5.74) is 10.4. The maximum Gasteiger partial charge on any atom is 0.265 e. The number of hydrogen-bond donors (Lipinski definition) is 4. The molecule has 1 fully saturated rings. The number of rotatable bonds is 11. The third-order valence-corrected chi connectivity index (χ3v) is 7.32. The lowest BCUT2D eigenvalue weighted by Crippen LogP contribution is -2.30. The van der Waals surface area contributed by atoms with Crippen LogP contribution in [0.4, 0.5) is 5.69 Å². The molecule has 8 nitrogen and oxygen atoms in total. The van der Waals surface area contributed by atoms with Crippen LogP contribution < -0.4 is 20.5 Å². The maximum atomic E-state index is 12.7. The molecule has 1 atom stereocenters. The van der Waals surface area contributed by atoms with Gasteiger partial charge in [-0.3, -0.25) is 4.79 Å². The smallest absolute Gasteiger partial charge is 0.265 e. The Morgan fingerprint density at radius 2 is 1.62 bits per heavy atom. The van der Waals surface area contributed by atoms with Crippen LogP contribution in [0.1, 0.15) is 59.2 Å². The van der Waals surface area contributed by atoms with Gasteiger partial charge in [-0.05, 0) is 71.3 Å². The van der Waals surface area contributed by atoms with E-state index >= 15 is 0 Å². The molecule has 0 aliphatic heterocycles. The molecular formula is C29H37Cl2N3O5S. The number of halogens is 2. The second-order valence-corrected chi connectivity index (χ2v) is 11.5. The van der Waals surface area contributed by atoms with E-state index in [9.17, 15) is 18.3 Å². The Balaban J connectivity index is 0.00000280. The van der Waals surface area contributed by atoms with Gasteiger partial charge in [-0.1, -0.05) is 49.2 Å². The molecule has 0 saturated heterocycles. The highest BCUT2D eigenvalue weighted by atomic mass is 35.5. The minimum atomic E-state index is -3.64. The quantitative estimate of drug-likeness (QED) is 0.181. The molecule has 3 aromatic carbocycles. The van der Waals surface area contributed by atoms with Crippen molar-refractivity contribution in [3.8, 4) is 16.9 Å². The Morgan fingerprint density at radius 1 is 1.00 bits per heavy atom. The second-order valence-electron chi connectivity index (χ2n) is 9.75. The van der Waals surface area contributed by atoms with Gasteiger partial charge in [0, 0.05) is 24.3 Å². The Bertz CT molecular complexity index is 1350.